The molecule has 1 heterocycles. The third kappa shape index (κ3) is 3.00. The number of aliphatic hydroxyl groups is 1. The molecule has 2 rings (SSSR count). The second-order valence-corrected chi connectivity index (χ2v) is 8.34. The molecular formula is C13H19BrN2O3S. The van der Waals surface area contributed by atoms with Gasteiger partial charge < -0.3 is 10.8 Å². The number of piperidine rings is 1. The first-order valence-corrected chi connectivity index (χ1v) is 8.65. The Morgan fingerprint density at radius 2 is 1.90 bits per heavy atom. The highest BCUT2D eigenvalue weighted by Gasteiger charge is 2.34. The van der Waals surface area contributed by atoms with Crippen LogP contribution in [-0.2, 0) is 10.0 Å². The van der Waals surface area contributed by atoms with Gasteiger partial charge in [0.05, 0.1) is 10.5 Å². The number of nitrogens with two attached hydrogens (primary N) is 1. The van der Waals surface area contributed by atoms with E-state index in [0.29, 0.717) is 41.7 Å². The van der Waals surface area contributed by atoms with Crippen LogP contribution in [0.3, 0.4) is 0 Å². The quantitative estimate of drug-likeness (QED) is 0.786. The molecule has 0 aromatic heterocycles. The van der Waals surface area contributed by atoms with Crippen LogP contribution >= 0.6 is 15.9 Å². The molecule has 1 aromatic rings. The molecule has 20 heavy (non-hydrogen) atoms. The number of nitrogens with zero attached hydrogens (tertiary/aromatic N) is 1. The van der Waals surface area contributed by atoms with E-state index in [1.807, 2.05) is 0 Å². The van der Waals surface area contributed by atoms with Gasteiger partial charge in [-0.25, -0.2) is 8.42 Å². The summed E-state index contributed by atoms with van der Waals surface area (Å²) in [5.74, 6) is 0. The maximum absolute atomic E-state index is 12.7. The first-order valence-electron chi connectivity index (χ1n) is 6.42. The predicted octanol–water partition coefficient (Wildman–Crippen LogP) is 1.88. The Morgan fingerprint density at radius 3 is 2.45 bits per heavy atom. The van der Waals surface area contributed by atoms with Gasteiger partial charge in [-0.2, -0.15) is 4.31 Å². The largest absolute Gasteiger partial charge is 0.398 e. The van der Waals surface area contributed by atoms with Crippen LogP contribution in [0, 0.1) is 6.92 Å². The average molecular weight is 363 g/mol. The third-order valence-corrected chi connectivity index (χ3v) is 6.27. The van der Waals surface area contributed by atoms with Gasteiger partial charge >= 0.3 is 0 Å². The smallest absolute Gasteiger partial charge is 0.243 e. The molecule has 0 bridgehead atoms. The molecule has 1 aliphatic heterocycles. The fourth-order valence-corrected chi connectivity index (χ4v) is 4.64. The minimum atomic E-state index is -3.58. The molecule has 112 valence electrons. The van der Waals surface area contributed by atoms with Crippen molar-refractivity contribution in [3.8, 4) is 0 Å². The van der Waals surface area contributed by atoms with Gasteiger partial charge in [0.2, 0.25) is 10.0 Å². The number of benzene rings is 1. The van der Waals surface area contributed by atoms with E-state index >= 15 is 0 Å². The van der Waals surface area contributed by atoms with Crippen molar-refractivity contribution in [2.24, 2.45) is 0 Å². The Labute approximate surface area is 128 Å². The molecule has 7 heteroatoms. The first kappa shape index (κ1) is 15.8. The van der Waals surface area contributed by atoms with E-state index in [2.05, 4.69) is 15.9 Å². The summed E-state index contributed by atoms with van der Waals surface area (Å²) in [5, 5.41) is 9.92. The molecule has 0 unspecified atom stereocenters. The highest BCUT2D eigenvalue weighted by Crippen LogP contribution is 2.31. The molecule has 0 amide bonds. The molecule has 1 fully saturated rings. The standard InChI is InChI=1S/C13H19BrN2O3S/c1-9-11(15)7-10(14)8-12(9)20(18,19)16-5-3-13(2,17)4-6-16/h7-8,17H,3-6,15H2,1-2H3. The number of sulfonamides is 1. The normalized spacial score (nSPS) is 20.0. The lowest BCUT2D eigenvalue weighted by Crippen LogP contribution is -2.45. The Morgan fingerprint density at radius 1 is 1.35 bits per heavy atom. The topological polar surface area (TPSA) is 83.6 Å². The minimum Gasteiger partial charge on any atom is -0.398 e. The van der Waals surface area contributed by atoms with Crippen LogP contribution in [0.15, 0.2) is 21.5 Å². The van der Waals surface area contributed by atoms with Gasteiger partial charge in [-0.3, -0.25) is 0 Å². The number of nitrogen functional groups attached to an aromatic ring is 1. The first-order chi connectivity index (χ1) is 9.13. The van der Waals surface area contributed by atoms with E-state index in [0.717, 1.165) is 0 Å². The second kappa shape index (κ2) is 5.29. The van der Waals surface area contributed by atoms with E-state index in [4.69, 9.17) is 5.73 Å². The summed E-state index contributed by atoms with van der Waals surface area (Å²) in [6.07, 6.45) is 0.878. The molecule has 0 radical (unpaired) electrons. The van der Waals surface area contributed by atoms with Gasteiger partial charge in [-0.15, -0.1) is 0 Å². The highest BCUT2D eigenvalue weighted by molar-refractivity contribution is 9.10. The van der Waals surface area contributed by atoms with Crippen molar-refractivity contribution in [2.45, 2.75) is 37.2 Å². The van der Waals surface area contributed by atoms with Crippen molar-refractivity contribution >= 4 is 31.6 Å². The molecule has 0 atom stereocenters. The van der Waals surface area contributed by atoms with Gasteiger partial charge in [0, 0.05) is 23.2 Å². The second-order valence-electron chi connectivity index (χ2n) is 5.52. The minimum absolute atomic E-state index is 0.228. The van der Waals surface area contributed by atoms with Gasteiger partial charge in [0.1, 0.15) is 0 Å². The summed E-state index contributed by atoms with van der Waals surface area (Å²) in [6, 6.07) is 3.27. The Kier molecular flexibility index (Phi) is 4.17. The van der Waals surface area contributed by atoms with E-state index in [1.165, 1.54) is 4.31 Å². The van der Waals surface area contributed by atoms with E-state index in [1.54, 1.807) is 26.0 Å². The van der Waals surface area contributed by atoms with Gasteiger partial charge in [-0.1, -0.05) is 15.9 Å². The molecule has 0 aliphatic carbocycles. The van der Waals surface area contributed by atoms with Gasteiger partial charge in [0.15, 0.2) is 0 Å². The molecular weight excluding hydrogens is 344 g/mol. The van der Waals surface area contributed by atoms with Crippen molar-refractivity contribution in [3.63, 3.8) is 0 Å². The SMILES string of the molecule is Cc1c(N)cc(Br)cc1S(=O)(=O)N1CCC(C)(O)CC1. The fraction of sp³-hybridized carbons (Fsp3) is 0.538. The summed E-state index contributed by atoms with van der Waals surface area (Å²) in [7, 11) is -3.58. The lowest BCUT2D eigenvalue weighted by atomic mass is 9.95. The molecule has 1 aromatic carbocycles. The fourth-order valence-electron chi connectivity index (χ4n) is 2.29. The number of hydrogen-bond donors (Lipinski definition) is 2. The summed E-state index contributed by atoms with van der Waals surface area (Å²) in [4.78, 5) is 0.228. The Bertz CT molecular complexity index is 619. The zero-order chi connectivity index (χ0) is 15.1. The van der Waals surface area contributed by atoms with Crippen LogP contribution in [0.25, 0.3) is 0 Å². The van der Waals surface area contributed by atoms with Gasteiger partial charge in [-0.05, 0) is 44.4 Å². The zero-order valence-corrected chi connectivity index (χ0v) is 14.0. The van der Waals surface area contributed by atoms with Crippen molar-refractivity contribution in [1.29, 1.82) is 0 Å². The molecule has 1 aliphatic rings. The summed E-state index contributed by atoms with van der Waals surface area (Å²) >= 11 is 3.28. The van der Waals surface area contributed by atoms with Crippen molar-refractivity contribution in [3.05, 3.63) is 22.2 Å². The molecule has 0 saturated carbocycles. The molecule has 3 N–H and O–H groups in total. The van der Waals surface area contributed by atoms with Crippen LogP contribution in [-0.4, -0.2) is 36.5 Å². The highest BCUT2D eigenvalue weighted by atomic mass is 79.9. The summed E-state index contributed by atoms with van der Waals surface area (Å²) in [5.41, 5.74) is 6.06. The van der Waals surface area contributed by atoms with E-state index in [9.17, 15) is 13.5 Å². The van der Waals surface area contributed by atoms with Crippen LogP contribution in [0.4, 0.5) is 5.69 Å². The lowest BCUT2D eigenvalue weighted by Gasteiger charge is -2.35. The van der Waals surface area contributed by atoms with Crippen molar-refractivity contribution in [2.75, 3.05) is 18.8 Å². The number of hydrogen-bond acceptors (Lipinski definition) is 4. The maximum Gasteiger partial charge on any atom is 0.243 e. The van der Waals surface area contributed by atoms with Crippen molar-refractivity contribution < 1.29 is 13.5 Å². The Balaban J connectivity index is 2.37. The summed E-state index contributed by atoms with van der Waals surface area (Å²) < 4.78 is 27.4. The number of halogens is 1. The lowest BCUT2D eigenvalue weighted by molar-refractivity contribution is 0.0126. The van der Waals surface area contributed by atoms with Crippen LogP contribution in [0.2, 0.25) is 0 Å². The molecule has 5 nitrogen and oxygen atoms in total. The molecule has 1 saturated heterocycles. The van der Waals surface area contributed by atoms with Crippen LogP contribution in [0.5, 0.6) is 0 Å². The Hall–Kier alpha value is -0.630. The van der Waals surface area contributed by atoms with Crippen molar-refractivity contribution in [1.82, 2.24) is 4.31 Å². The third-order valence-electron chi connectivity index (χ3n) is 3.78. The van der Waals surface area contributed by atoms with E-state index < -0.39 is 15.6 Å². The summed E-state index contributed by atoms with van der Waals surface area (Å²) in [6.45, 7) is 4.08. The zero-order valence-electron chi connectivity index (χ0n) is 11.6. The molecule has 0 spiro atoms. The monoisotopic (exact) mass is 362 g/mol. The van der Waals surface area contributed by atoms with Gasteiger partial charge in [0.25, 0.3) is 0 Å². The van der Waals surface area contributed by atoms with Crippen LogP contribution in [0.1, 0.15) is 25.3 Å². The number of anilines is 1. The van der Waals surface area contributed by atoms with E-state index in [-0.39, 0.29) is 4.90 Å². The van der Waals surface area contributed by atoms with Crippen LogP contribution < -0.4 is 5.73 Å². The maximum atomic E-state index is 12.7. The predicted molar refractivity (Wildman–Crippen MR) is 81.9 cm³/mol. The average Bonchev–Trinajstić information content (AvgIpc) is 2.33. The number of rotatable bonds is 2.